The maximum absolute atomic E-state index is 12.6. The molecule has 0 spiro atoms. The molecule has 1 saturated heterocycles. The highest BCUT2D eigenvalue weighted by atomic mass is 32.1. The Balaban J connectivity index is 1.58. The van der Waals surface area contributed by atoms with Gasteiger partial charge in [-0.2, -0.15) is 12.6 Å². The molecule has 2 aliphatic rings. The molecule has 146 valence electrons. The second-order valence-electron chi connectivity index (χ2n) is 7.33. The van der Waals surface area contributed by atoms with Crippen molar-refractivity contribution in [3.05, 3.63) is 39.9 Å². The van der Waals surface area contributed by atoms with Gasteiger partial charge in [0.25, 0.3) is 5.69 Å². The van der Waals surface area contributed by atoms with Crippen LogP contribution in [0.3, 0.4) is 0 Å². The predicted molar refractivity (Wildman–Crippen MR) is 101 cm³/mol. The molecule has 1 heterocycles. The van der Waals surface area contributed by atoms with Gasteiger partial charge in [-0.1, -0.05) is 0 Å². The molecule has 3 rings (SSSR count). The van der Waals surface area contributed by atoms with Crippen LogP contribution in [0.25, 0.3) is 0 Å². The standard InChI is InChI=1S/C18H23N3O5S/c1-19(2)17(22)15-8-14(15)16-7-13(27)9-20(16)18(23)26-10-11-3-5-12(6-4-11)21(24)25/h3-6,13-16,27H,7-10H2,1-2H3/t13-,14?,15?,16-/m0/s1. The third kappa shape index (κ3) is 4.35. The van der Waals surface area contributed by atoms with E-state index in [4.69, 9.17) is 4.74 Å². The first-order valence-electron chi connectivity index (χ1n) is 8.84. The van der Waals surface area contributed by atoms with E-state index in [9.17, 15) is 19.7 Å². The normalized spacial score (nSPS) is 26.6. The summed E-state index contributed by atoms with van der Waals surface area (Å²) in [5.41, 5.74) is 0.673. The van der Waals surface area contributed by atoms with E-state index in [0.717, 1.165) is 12.8 Å². The Morgan fingerprint density at radius 1 is 1.30 bits per heavy atom. The van der Waals surface area contributed by atoms with Crippen molar-refractivity contribution in [2.75, 3.05) is 20.6 Å². The lowest BCUT2D eigenvalue weighted by Crippen LogP contribution is -2.38. The molecule has 2 unspecified atom stereocenters. The third-order valence-electron chi connectivity index (χ3n) is 5.16. The van der Waals surface area contributed by atoms with Gasteiger partial charge in [-0.25, -0.2) is 4.79 Å². The number of hydrogen-bond acceptors (Lipinski definition) is 6. The number of nitro groups is 1. The highest BCUT2D eigenvalue weighted by Crippen LogP contribution is 2.47. The Bertz CT molecular complexity index is 739. The van der Waals surface area contributed by atoms with Crippen molar-refractivity contribution in [3.63, 3.8) is 0 Å². The van der Waals surface area contributed by atoms with Gasteiger partial charge in [-0.3, -0.25) is 14.9 Å². The topological polar surface area (TPSA) is 93.0 Å². The number of thiol groups is 1. The van der Waals surface area contributed by atoms with Crippen LogP contribution in [-0.2, 0) is 16.1 Å². The molecule has 1 aromatic rings. The molecule has 0 aromatic heterocycles. The molecule has 9 heteroatoms. The average molecular weight is 393 g/mol. The van der Waals surface area contributed by atoms with Crippen LogP contribution in [0.15, 0.2) is 24.3 Å². The molecule has 2 fully saturated rings. The van der Waals surface area contributed by atoms with E-state index < -0.39 is 11.0 Å². The van der Waals surface area contributed by atoms with Crippen molar-refractivity contribution >= 4 is 30.3 Å². The summed E-state index contributed by atoms with van der Waals surface area (Å²) in [4.78, 5) is 38.2. The van der Waals surface area contributed by atoms with E-state index in [0.29, 0.717) is 12.1 Å². The number of amides is 2. The number of benzene rings is 1. The van der Waals surface area contributed by atoms with Gasteiger partial charge in [-0.05, 0) is 36.5 Å². The van der Waals surface area contributed by atoms with Crippen LogP contribution in [0.2, 0.25) is 0 Å². The summed E-state index contributed by atoms with van der Waals surface area (Å²) >= 11 is 4.51. The number of carbonyl (C=O) groups excluding carboxylic acids is 2. The van der Waals surface area contributed by atoms with Crippen LogP contribution in [0.1, 0.15) is 18.4 Å². The maximum atomic E-state index is 12.6. The van der Waals surface area contributed by atoms with Gasteiger partial charge in [0.2, 0.25) is 5.91 Å². The Morgan fingerprint density at radius 3 is 2.56 bits per heavy atom. The first-order chi connectivity index (χ1) is 12.8. The second kappa shape index (κ2) is 7.75. The molecule has 0 bridgehead atoms. The summed E-state index contributed by atoms with van der Waals surface area (Å²) in [6, 6.07) is 5.87. The van der Waals surface area contributed by atoms with Crippen molar-refractivity contribution in [2.24, 2.45) is 11.8 Å². The number of nitro benzene ring substituents is 1. The monoisotopic (exact) mass is 393 g/mol. The van der Waals surface area contributed by atoms with Gasteiger partial charge in [0.15, 0.2) is 0 Å². The number of hydrogen-bond donors (Lipinski definition) is 1. The van der Waals surface area contributed by atoms with Crippen molar-refractivity contribution in [3.8, 4) is 0 Å². The third-order valence-corrected chi connectivity index (χ3v) is 5.53. The van der Waals surface area contributed by atoms with Crippen LogP contribution >= 0.6 is 12.6 Å². The van der Waals surface area contributed by atoms with Crippen molar-refractivity contribution in [2.45, 2.75) is 30.7 Å². The van der Waals surface area contributed by atoms with E-state index in [1.807, 2.05) is 0 Å². The summed E-state index contributed by atoms with van der Waals surface area (Å²) in [5, 5.41) is 10.8. The molecule has 0 radical (unpaired) electrons. The second-order valence-corrected chi connectivity index (χ2v) is 8.06. The zero-order valence-corrected chi connectivity index (χ0v) is 16.2. The number of non-ortho nitro benzene ring substituents is 1. The zero-order chi connectivity index (χ0) is 19.7. The minimum atomic E-state index is -0.474. The van der Waals surface area contributed by atoms with E-state index in [1.165, 1.54) is 12.1 Å². The average Bonchev–Trinajstić information content (AvgIpc) is 3.33. The lowest BCUT2D eigenvalue weighted by Gasteiger charge is -2.24. The largest absolute Gasteiger partial charge is 0.445 e. The number of likely N-dealkylation sites (tertiary alicyclic amines) is 1. The van der Waals surface area contributed by atoms with Crippen LogP contribution in [-0.4, -0.2) is 58.7 Å². The van der Waals surface area contributed by atoms with Crippen molar-refractivity contribution < 1.29 is 19.2 Å². The first kappa shape index (κ1) is 19.5. The smallest absolute Gasteiger partial charge is 0.410 e. The molecule has 1 saturated carbocycles. The van der Waals surface area contributed by atoms with Crippen molar-refractivity contribution in [1.29, 1.82) is 0 Å². The number of ether oxygens (including phenoxy) is 1. The van der Waals surface area contributed by atoms with Crippen LogP contribution < -0.4 is 0 Å². The first-order valence-corrected chi connectivity index (χ1v) is 9.35. The van der Waals surface area contributed by atoms with Crippen LogP contribution in [0, 0.1) is 22.0 Å². The number of rotatable bonds is 5. The van der Waals surface area contributed by atoms with Gasteiger partial charge in [0.05, 0.1) is 4.92 Å². The molecular formula is C18H23N3O5S. The number of carbonyl (C=O) groups is 2. The van der Waals surface area contributed by atoms with E-state index in [-0.39, 0.29) is 41.3 Å². The summed E-state index contributed by atoms with van der Waals surface area (Å²) in [6.45, 7) is 0.536. The van der Waals surface area contributed by atoms with Crippen LogP contribution in [0.5, 0.6) is 0 Å². The molecule has 0 N–H and O–H groups in total. The molecular weight excluding hydrogens is 370 g/mol. The van der Waals surface area contributed by atoms with E-state index in [2.05, 4.69) is 12.6 Å². The van der Waals surface area contributed by atoms with Gasteiger partial charge in [0, 0.05) is 50.0 Å². The SMILES string of the molecule is CN(C)C(=O)C1CC1[C@@H]1C[C@H](S)CN1C(=O)OCc1ccc([N+](=O)[O-])cc1. The molecule has 27 heavy (non-hydrogen) atoms. The summed E-state index contributed by atoms with van der Waals surface area (Å²) in [6.07, 6.45) is 1.10. The summed E-state index contributed by atoms with van der Waals surface area (Å²) in [7, 11) is 3.48. The highest BCUT2D eigenvalue weighted by Gasteiger charge is 2.53. The summed E-state index contributed by atoms with van der Waals surface area (Å²) in [5.74, 6) is 0.222. The van der Waals surface area contributed by atoms with Gasteiger partial charge < -0.3 is 14.5 Å². The molecule has 4 atom stereocenters. The highest BCUT2D eigenvalue weighted by molar-refractivity contribution is 7.81. The summed E-state index contributed by atoms with van der Waals surface area (Å²) < 4.78 is 5.40. The molecule has 1 aliphatic carbocycles. The minimum Gasteiger partial charge on any atom is -0.445 e. The molecule has 1 aliphatic heterocycles. The lowest BCUT2D eigenvalue weighted by atomic mass is 10.1. The van der Waals surface area contributed by atoms with E-state index in [1.54, 1.807) is 36.0 Å². The van der Waals surface area contributed by atoms with Crippen molar-refractivity contribution in [1.82, 2.24) is 9.80 Å². The Hall–Kier alpha value is -2.29. The van der Waals surface area contributed by atoms with Gasteiger partial charge >= 0.3 is 6.09 Å². The Kier molecular flexibility index (Phi) is 5.59. The fourth-order valence-corrected chi connectivity index (χ4v) is 4.05. The van der Waals surface area contributed by atoms with Gasteiger partial charge in [0.1, 0.15) is 6.61 Å². The Labute approximate surface area is 163 Å². The van der Waals surface area contributed by atoms with Crippen LogP contribution in [0.4, 0.5) is 10.5 Å². The number of nitrogens with zero attached hydrogens (tertiary/aromatic N) is 3. The van der Waals surface area contributed by atoms with E-state index >= 15 is 0 Å². The fourth-order valence-electron chi connectivity index (χ4n) is 3.66. The maximum Gasteiger partial charge on any atom is 0.410 e. The molecule has 8 nitrogen and oxygen atoms in total. The predicted octanol–water partition coefficient (Wildman–Crippen LogP) is 2.33. The fraction of sp³-hybridized carbons (Fsp3) is 0.556. The molecule has 1 aromatic carbocycles. The quantitative estimate of drug-likeness (QED) is 0.471. The minimum absolute atomic E-state index is 0.00654. The zero-order valence-electron chi connectivity index (χ0n) is 15.3. The molecule has 2 amide bonds. The Morgan fingerprint density at radius 2 is 1.96 bits per heavy atom. The lowest BCUT2D eigenvalue weighted by molar-refractivity contribution is -0.384. The van der Waals surface area contributed by atoms with Gasteiger partial charge in [-0.15, -0.1) is 0 Å².